The molecule has 2 rings (SSSR count). The Hall–Kier alpha value is -2.17. The first-order valence-electron chi connectivity index (χ1n) is 5.09. The van der Waals surface area contributed by atoms with Crippen LogP contribution >= 0.6 is 0 Å². The smallest absolute Gasteiger partial charge is 0.259 e. The highest BCUT2D eigenvalue weighted by Crippen LogP contribution is 2.31. The Labute approximate surface area is 98.3 Å². The molecule has 0 unspecified atom stereocenters. The molecule has 17 heavy (non-hydrogen) atoms. The van der Waals surface area contributed by atoms with Crippen LogP contribution in [0, 0.1) is 19.7 Å². The molecular formula is C12H12FN3O. The molecule has 2 N–H and O–H groups in total. The van der Waals surface area contributed by atoms with E-state index in [-0.39, 0.29) is 11.6 Å². The molecule has 4 nitrogen and oxygen atoms in total. The first-order chi connectivity index (χ1) is 8.09. The fourth-order valence-electron chi connectivity index (χ4n) is 1.42. The van der Waals surface area contributed by atoms with Gasteiger partial charge in [0.1, 0.15) is 6.33 Å². The molecule has 2 aromatic rings. The van der Waals surface area contributed by atoms with E-state index in [4.69, 9.17) is 10.5 Å². The van der Waals surface area contributed by atoms with Crippen LogP contribution in [0.3, 0.4) is 0 Å². The summed E-state index contributed by atoms with van der Waals surface area (Å²) in [5.74, 6) is -0.266. The zero-order chi connectivity index (χ0) is 12.4. The van der Waals surface area contributed by atoms with E-state index in [9.17, 15) is 4.39 Å². The van der Waals surface area contributed by atoms with Crippen molar-refractivity contribution in [2.24, 2.45) is 0 Å². The van der Waals surface area contributed by atoms with Gasteiger partial charge in [-0.2, -0.15) is 9.37 Å². The van der Waals surface area contributed by atoms with Crippen molar-refractivity contribution in [1.29, 1.82) is 0 Å². The first kappa shape index (κ1) is 11.3. The monoisotopic (exact) mass is 233 g/mol. The Morgan fingerprint density at radius 2 is 2.00 bits per heavy atom. The van der Waals surface area contributed by atoms with Gasteiger partial charge < -0.3 is 10.5 Å². The highest BCUT2D eigenvalue weighted by atomic mass is 19.1. The Kier molecular flexibility index (Phi) is 2.91. The van der Waals surface area contributed by atoms with Crippen LogP contribution in [-0.4, -0.2) is 9.97 Å². The summed E-state index contributed by atoms with van der Waals surface area (Å²) in [6, 6.07) is 5.32. The summed E-state index contributed by atoms with van der Waals surface area (Å²) in [5, 5.41) is 0. The molecule has 0 radical (unpaired) electrons. The summed E-state index contributed by atoms with van der Waals surface area (Å²) in [6.07, 6.45) is 1.25. The summed E-state index contributed by atoms with van der Waals surface area (Å²) in [6.45, 7) is 3.38. The minimum atomic E-state index is -0.574. The molecule has 0 saturated heterocycles. The van der Waals surface area contributed by atoms with E-state index >= 15 is 0 Å². The van der Waals surface area contributed by atoms with Crippen LogP contribution in [0.15, 0.2) is 24.5 Å². The molecule has 88 valence electrons. The molecule has 0 aliphatic rings. The van der Waals surface area contributed by atoms with Gasteiger partial charge in [0, 0.05) is 0 Å². The molecule has 0 aliphatic heterocycles. The maximum absolute atomic E-state index is 13.7. The molecule has 0 bridgehead atoms. The van der Waals surface area contributed by atoms with E-state index in [1.807, 2.05) is 13.0 Å². The van der Waals surface area contributed by atoms with E-state index in [1.165, 1.54) is 6.33 Å². The van der Waals surface area contributed by atoms with Gasteiger partial charge in [-0.05, 0) is 25.5 Å². The second kappa shape index (κ2) is 4.37. The van der Waals surface area contributed by atoms with Gasteiger partial charge in [0.05, 0.1) is 11.4 Å². The fourth-order valence-corrected chi connectivity index (χ4v) is 1.42. The van der Waals surface area contributed by atoms with Gasteiger partial charge in [-0.1, -0.05) is 12.1 Å². The average Bonchev–Trinajstić information content (AvgIpc) is 2.29. The molecule has 0 aliphatic carbocycles. The van der Waals surface area contributed by atoms with Crippen molar-refractivity contribution in [2.75, 3.05) is 5.73 Å². The number of halogens is 1. The van der Waals surface area contributed by atoms with Crippen molar-refractivity contribution in [1.82, 2.24) is 9.97 Å². The van der Waals surface area contributed by atoms with E-state index in [2.05, 4.69) is 9.97 Å². The normalized spacial score (nSPS) is 10.3. The number of para-hydroxylation sites is 1. The van der Waals surface area contributed by atoms with Crippen LogP contribution in [-0.2, 0) is 0 Å². The molecular weight excluding hydrogens is 221 g/mol. The Morgan fingerprint density at radius 3 is 2.71 bits per heavy atom. The lowest BCUT2D eigenvalue weighted by atomic mass is 10.2. The number of hydrogen-bond acceptors (Lipinski definition) is 4. The largest absolute Gasteiger partial charge is 0.434 e. The van der Waals surface area contributed by atoms with Gasteiger partial charge in [-0.25, -0.2) is 4.98 Å². The van der Waals surface area contributed by atoms with Gasteiger partial charge in [0.15, 0.2) is 5.75 Å². The molecule has 0 atom stereocenters. The van der Waals surface area contributed by atoms with Crippen molar-refractivity contribution < 1.29 is 9.13 Å². The quantitative estimate of drug-likeness (QED) is 0.810. The van der Waals surface area contributed by atoms with Crippen LogP contribution < -0.4 is 10.5 Å². The Balaban J connectivity index is 2.42. The molecule has 0 saturated carbocycles. The summed E-state index contributed by atoms with van der Waals surface area (Å²) in [7, 11) is 0. The van der Waals surface area contributed by atoms with Crippen LogP contribution in [0.1, 0.15) is 11.3 Å². The second-order valence-corrected chi connectivity index (χ2v) is 3.67. The minimum Gasteiger partial charge on any atom is -0.434 e. The third-order valence-corrected chi connectivity index (χ3v) is 2.37. The number of nitrogen functional groups attached to an aromatic ring is 1. The lowest BCUT2D eigenvalue weighted by molar-refractivity contribution is 0.416. The Bertz CT molecular complexity index is 537. The number of anilines is 1. The van der Waals surface area contributed by atoms with Crippen molar-refractivity contribution in [2.45, 2.75) is 13.8 Å². The molecule has 0 fully saturated rings. The summed E-state index contributed by atoms with van der Waals surface area (Å²) < 4.78 is 19.1. The van der Waals surface area contributed by atoms with E-state index in [0.717, 1.165) is 5.56 Å². The number of aryl methyl sites for hydroxylation is 2. The fraction of sp³-hybridized carbons (Fsp3) is 0.167. The number of ether oxygens (including phenoxy) is 1. The lowest BCUT2D eigenvalue weighted by Crippen LogP contribution is -2.00. The number of aromatic nitrogens is 2. The van der Waals surface area contributed by atoms with Gasteiger partial charge in [0.2, 0.25) is 5.82 Å². The number of nitrogens with two attached hydrogens (primary N) is 1. The minimum absolute atomic E-state index is 0.112. The average molecular weight is 233 g/mol. The van der Waals surface area contributed by atoms with Crippen molar-refractivity contribution in [3.63, 3.8) is 0 Å². The molecule has 1 heterocycles. The predicted octanol–water partition coefficient (Wildman–Crippen LogP) is 2.61. The van der Waals surface area contributed by atoms with Gasteiger partial charge >= 0.3 is 0 Å². The van der Waals surface area contributed by atoms with Crippen LogP contribution in [0.4, 0.5) is 10.1 Å². The first-order valence-corrected chi connectivity index (χ1v) is 5.09. The van der Waals surface area contributed by atoms with Crippen LogP contribution in [0.25, 0.3) is 0 Å². The third kappa shape index (κ3) is 2.18. The Morgan fingerprint density at radius 1 is 1.24 bits per heavy atom. The topological polar surface area (TPSA) is 61.0 Å². The highest BCUT2D eigenvalue weighted by molar-refractivity contribution is 5.57. The maximum atomic E-state index is 13.7. The maximum Gasteiger partial charge on any atom is 0.259 e. The molecule has 0 spiro atoms. The van der Waals surface area contributed by atoms with Crippen LogP contribution in [0.5, 0.6) is 11.6 Å². The standard InChI is InChI=1S/C12H12FN3O/c1-7-4-3-5-9(14)11(7)17-12-10(13)8(2)15-6-16-12/h3-6H,14H2,1-2H3. The molecule has 1 aromatic heterocycles. The van der Waals surface area contributed by atoms with Crippen molar-refractivity contribution in [3.05, 3.63) is 41.6 Å². The van der Waals surface area contributed by atoms with Gasteiger partial charge in [0.25, 0.3) is 5.88 Å². The van der Waals surface area contributed by atoms with Crippen LogP contribution in [0.2, 0.25) is 0 Å². The number of rotatable bonds is 2. The second-order valence-electron chi connectivity index (χ2n) is 3.67. The molecule has 1 aromatic carbocycles. The highest BCUT2D eigenvalue weighted by Gasteiger charge is 2.12. The van der Waals surface area contributed by atoms with Crippen molar-refractivity contribution in [3.8, 4) is 11.6 Å². The van der Waals surface area contributed by atoms with E-state index in [1.54, 1.807) is 19.1 Å². The lowest BCUT2D eigenvalue weighted by Gasteiger charge is -2.11. The number of hydrogen-bond donors (Lipinski definition) is 1. The summed E-state index contributed by atoms with van der Waals surface area (Å²) in [5.41, 5.74) is 7.27. The van der Waals surface area contributed by atoms with E-state index < -0.39 is 5.82 Å². The van der Waals surface area contributed by atoms with Gasteiger partial charge in [-0.3, -0.25) is 0 Å². The number of benzene rings is 1. The predicted molar refractivity (Wildman–Crippen MR) is 62.4 cm³/mol. The van der Waals surface area contributed by atoms with Gasteiger partial charge in [-0.15, -0.1) is 0 Å². The zero-order valence-corrected chi connectivity index (χ0v) is 9.57. The summed E-state index contributed by atoms with van der Waals surface area (Å²) >= 11 is 0. The SMILES string of the molecule is Cc1cccc(N)c1Oc1ncnc(C)c1F. The number of nitrogens with zero attached hydrogens (tertiary/aromatic N) is 2. The van der Waals surface area contributed by atoms with E-state index in [0.29, 0.717) is 11.4 Å². The van der Waals surface area contributed by atoms with Crippen molar-refractivity contribution >= 4 is 5.69 Å². The molecule has 0 amide bonds. The third-order valence-electron chi connectivity index (χ3n) is 2.37. The molecule has 5 heteroatoms. The summed E-state index contributed by atoms with van der Waals surface area (Å²) in [4.78, 5) is 7.48. The zero-order valence-electron chi connectivity index (χ0n) is 9.57.